The smallest absolute Gasteiger partial charge is 0.0700 e. The number of aromatic nitrogens is 3. The van der Waals surface area contributed by atoms with Gasteiger partial charge in [0.25, 0.3) is 0 Å². The molecule has 98 valence electrons. The van der Waals surface area contributed by atoms with Crippen molar-refractivity contribution in [2.45, 2.75) is 40.2 Å². The SMILES string of the molecule is Cc1ccc(C)n1NCc1cn(C)nc1C(C)C. The Bertz CT molecular complexity index is 514. The molecular weight excluding hydrogens is 224 g/mol. The van der Waals surface area contributed by atoms with Crippen LogP contribution in [0.4, 0.5) is 0 Å². The molecule has 0 bridgehead atoms. The Kier molecular flexibility index (Phi) is 3.45. The Morgan fingerprint density at radius 3 is 2.39 bits per heavy atom. The second-order valence-corrected chi connectivity index (χ2v) is 5.15. The van der Waals surface area contributed by atoms with Crippen molar-refractivity contribution < 1.29 is 0 Å². The van der Waals surface area contributed by atoms with E-state index in [1.54, 1.807) is 0 Å². The van der Waals surface area contributed by atoms with Gasteiger partial charge in [0.15, 0.2) is 0 Å². The molecule has 0 spiro atoms. The largest absolute Gasteiger partial charge is 0.321 e. The first-order valence-corrected chi connectivity index (χ1v) is 6.40. The lowest BCUT2D eigenvalue weighted by Crippen LogP contribution is -2.17. The van der Waals surface area contributed by atoms with Crippen LogP contribution < -0.4 is 5.43 Å². The lowest BCUT2D eigenvalue weighted by atomic mass is 10.1. The van der Waals surface area contributed by atoms with Crippen LogP contribution in [0.3, 0.4) is 0 Å². The van der Waals surface area contributed by atoms with Crippen LogP contribution in [-0.4, -0.2) is 14.5 Å². The highest BCUT2D eigenvalue weighted by atomic mass is 15.4. The van der Waals surface area contributed by atoms with Crippen LogP contribution in [-0.2, 0) is 13.6 Å². The van der Waals surface area contributed by atoms with E-state index in [0.29, 0.717) is 5.92 Å². The fraction of sp³-hybridized carbons (Fsp3) is 0.500. The first-order valence-electron chi connectivity index (χ1n) is 6.40. The van der Waals surface area contributed by atoms with Crippen molar-refractivity contribution in [2.24, 2.45) is 7.05 Å². The van der Waals surface area contributed by atoms with Crippen LogP contribution in [0, 0.1) is 13.8 Å². The topological polar surface area (TPSA) is 34.8 Å². The van der Waals surface area contributed by atoms with E-state index in [4.69, 9.17) is 0 Å². The lowest BCUT2D eigenvalue weighted by molar-refractivity contribution is 0.710. The van der Waals surface area contributed by atoms with Crippen LogP contribution >= 0.6 is 0 Å². The van der Waals surface area contributed by atoms with Crippen LogP contribution in [0.2, 0.25) is 0 Å². The average molecular weight is 246 g/mol. The minimum atomic E-state index is 0.454. The fourth-order valence-electron chi connectivity index (χ4n) is 2.26. The maximum Gasteiger partial charge on any atom is 0.0700 e. The Labute approximate surface area is 109 Å². The summed E-state index contributed by atoms with van der Waals surface area (Å²) in [4.78, 5) is 0. The zero-order valence-corrected chi connectivity index (χ0v) is 11.9. The maximum atomic E-state index is 4.52. The number of aryl methyl sites for hydroxylation is 3. The molecule has 0 aromatic carbocycles. The molecule has 1 N–H and O–H groups in total. The molecule has 0 saturated heterocycles. The minimum Gasteiger partial charge on any atom is -0.321 e. The summed E-state index contributed by atoms with van der Waals surface area (Å²) in [7, 11) is 1.97. The summed E-state index contributed by atoms with van der Waals surface area (Å²) in [6.07, 6.45) is 2.09. The second kappa shape index (κ2) is 4.88. The molecule has 0 amide bonds. The van der Waals surface area contributed by atoms with Crippen molar-refractivity contribution in [1.82, 2.24) is 14.5 Å². The standard InChI is InChI=1S/C14H22N4/c1-10(2)14-13(9-17(5)16-14)8-15-18-11(3)6-7-12(18)4/h6-7,9-10,15H,8H2,1-5H3. The predicted molar refractivity (Wildman–Crippen MR) is 74.3 cm³/mol. The summed E-state index contributed by atoms with van der Waals surface area (Å²) in [5.74, 6) is 0.454. The van der Waals surface area contributed by atoms with E-state index < -0.39 is 0 Å². The zero-order valence-electron chi connectivity index (χ0n) is 11.9. The monoisotopic (exact) mass is 246 g/mol. The molecule has 0 unspecified atom stereocenters. The van der Waals surface area contributed by atoms with Gasteiger partial charge < -0.3 is 5.43 Å². The molecule has 18 heavy (non-hydrogen) atoms. The highest BCUT2D eigenvalue weighted by Crippen LogP contribution is 2.17. The third kappa shape index (κ3) is 2.42. The van der Waals surface area contributed by atoms with Gasteiger partial charge in [-0.3, -0.25) is 9.36 Å². The average Bonchev–Trinajstić information content (AvgIpc) is 2.81. The number of hydrogen-bond acceptors (Lipinski definition) is 2. The number of hydrogen-bond donors (Lipinski definition) is 1. The Morgan fingerprint density at radius 1 is 1.22 bits per heavy atom. The van der Waals surface area contributed by atoms with Gasteiger partial charge in [0.1, 0.15) is 0 Å². The van der Waals surface area contributed by atoms with Gasteiger partial charge in [-0.1, -0.05) is 13.8 Å². The van der Waals surface area contributed by atoms with E-state index >= 15 is 0 Å². The van der Waals surface area contributed by atoms with Crippen molar-refractivity contribution >= 4 is 0 Å². The Balaban J connectivity index is 2.15. The third-order valence-electron chi connectivity index (χ3n) is 3.18. The fourth-order valence-corrected chi connectivity index (χ4v) is 2.26. The normalized spacial score (nSPS) is 11.2. The van der Waals surface area contributed by atoms with Crippen LogP contribution in [0.5, 0.6) is 0 Å². The molecule has 0 aliphatic rings. The predicted octanol–water partition coefficient (Wildman–Crippen LogP) is 2.71. The Morgan fingerprint density at radius 2 is 1.83 bits per heavy atom. The van der Waals surface area contributed by atoms with E-state index in [0.717, 1.165) is 6.54 Å². The van der Waals surface area contributed by atoms with Crippen molar-refractivity contribution in [3.8, 4) is 0 Å². The van der Waals surface area contributed by atoms with Gasteiger partial charge in [0, 0.05) is 30.2 Å². The van der Waals surface area contributed by atoms with Crippen LogP contribution in [0.1, 0.15) is 42.4 Å². The maximum absolute atomic E-state index is 4.52. The summed E-state index contributed by atoms with van der Waals surface area (Å²) in [6, 6.07) is 4.24. The number of nitrogens with zero attached hydrogens (tertiary/aromatic N) is 3. The van der Waals surface area contributed by atoms with E-state index in [1.807, 2.05) is 11.7 Å². The third-order valence-corrected chi connectivity index (χ3v) is 3.18. The molecule has 2 rings (SSSR count). The van der Waals surface area contributed by atoms with Crippen molar-refractivity contribution in [3.63, 3.8) is 0 Å². The van der Waals surface area contributed by atoms with Crippen molar-refractivity contribution in [1.29, 1.82) is 0 Å². The van der Waals surface area contributed by atoms with E-state index in [-0.39, 0.29) is 0 Å². The van der Waals surface area contributed by atoms with Gasteiger partial charge in [-0.25, -0.2) is 0 Å². The van der Waals surface area contributed by atoms with Gasteiger partial charge in [-0.05, 0) is 31.9 Å². The second-order valence-electron chi connectivity index (χ2n) is 5.15. The number of nitrogens with one attached hydrogen (secondary N) is 1. The lowest BCUT2D eigenvalue weighted by Gasteiger charge is -2.13. The van der Waals surface area contributed by atoms with Crippen LogP contribution in [0.15, 0.2) is 18.3 Å². The van der Waals surface area contributed by atoms with Gasteiger partial charge in [-0.2, -0.15) is 5.10 Å². The summed E-state index contributed by atoms with van der Waals surface area (Å²) >= 11 is 0. The van der Waals surface area contributed by atoms with Gasteiger partial charge in [0.05, 0.1) is 12.2 Å². The molecule has 0 radical (unpaired) electrons. The van der Waals surface area contributed by atoms with Crippen LogP contribution in [0.25, 0.3) is 0 Å². The molecule has 4 nitrogen and oxygen atoms in total. The Hall–Kier alpha value is -1.71. The molecule has 0 aliphatic carbocycles. The molecule has 0 saturated carbocycles. The van der Waals surface area contributed by atoms with Gasteiger partial charge in [0.2, 0.25) is 0 Å². The summed E-state index contributed by atoms with van der Waals surface area (Å²) in [5.41, 5.74) is 8.34. The quantitative estimate of drug-likeness (QED) is 0.900. The van der Waals surface area contributed by atoms with E-state index in [1.165, 1.54) is 22.6 Å². The molecule has 0 fully saturated rings. The van der Waals surface area contributed by atoms with Crippen molar-refractivity contribution in [2.75, 3.05) is 5.43 Å². The highest BCUT2D eigenvalue weighted by molar-refractivity contribution is 5.23. The first-order chi connectivity index (χ1) is 8.49. The summed E-state index contributed by atoms with van der Waals surface area (Å²) < 4.78 is 4.01. The highest BCUT2D eigenvalue weighted by Gasteiger charge is 2.11. The van der Waals surface area contributed by atoms with Gasteiger partial charge in [-0.15, -0.1) is 0 Å². The van der Waals surface area contributed by atoms with E-state index in [9.17, 15) is 0 Å². The molecular formula is C14H22N4. The number of rotatable bonds is 4. The minimum absolute atomic E-state index is 0.454. The molecule has 4 heteroatoms. The molecule has 2 heterocycles. The van der Waals surface area contributed by atoms with Gasteiger partial charge >= 0.3 is 0 Å². The first kappa shape index (κ1) is 12.7. The zero-order chi connectivity index (χ0) is 13.3. The van der Waals surface area contributed by atoms with Crippen molar-refractivity contribution in [3.05, 3.63) is 41.0 Å². The van der Waals surface area contributed by atoms with E-state index in [2.05, 4.69) is 61.2 Å². The molecule has 2 aromatic heterocycles. The molecule has 2 aromatic rings. The summed E-state index contributed by atoms with van der Waals surface area (Å²) in [5, 5.41) is 4.52. The summed E-state index contributed by atoms with van der Waals surface area (Å²) in [6.45, 7) is 9.37. The molecule has 0 aliphatic heterocycles. The molecule has 0 atom stereocenters.